The van der Waals surface area contributed by atoms with Crippen molar-refractivity contribution in [3.63, 3.8) is 0 Å². The van der Waals surface area contributed by atoms with E-state index in [2.05, 4.69) is 37.2 Å². The molecule has 0 bridgehead atoms. The first-order valence-corrected chi connectivity index (χ1v) is 11.9. The molecule has 1 aliphatic carbocycles. The van der Waals surface area contributed by atoms with Crippen molar-refractivity contribution in [2.24, 2.45) is 11.8 Å². The smallest absolute Gasteiger partial charge is 0.257 e. The zero-order valence-corrected chi connectivity index (χ0v) is 20.4. The predicted molar refractivity (Wildman–Crippen MR) is 127 cm³/mol. The van der Waals surface area contributed by atoms with E-state index in [1.165, 1.54) is 12.0 Å². The van der Waals surface area contributed by atoms with Gasteiger partial charge >= 0.3 is 0 Å². The number of nitrogens with one attached hydrogen (secondary N) is 1. The molecule has 2 fully saturated rings. The maximum atomic E-state index is 13.2. The molecule has 2 aromatic carbocycles. The third kappa shape index (κ3) is 4.13. The van der Waals surface area contributed by atoms with Gasteiger partial charge in [-0.1, -0.05) is 55.6 Å². The van der Waals surface area contributed by atoms with Crippen LogP contribution in [0, 0.1) is 11.8 Å². The van der Waals surface area contributed by atoms with Crippen LogP contribution < -0.4 is 15.0 Å². The number of ether oxygens (including phenoxy) is 1. The molecule has 31 heavy (non-hydrogen) atoms. The van der Waals surface area contributed by atoms with Crippen LogP contribution in [-0.2, 0) is 9.59 Å². The molecule has 1 saturated heterocycles. The minimum Gasteiger partial charge on any atom is -0.495 e. The van der Waals surface area contributed by atoms with Crippen molar-refractivity contribution >= 4 is 72.6 Å². The van der Waals surface area contributed by atoms with Gasteiger partial charge in [0.05, 0.1) is 35.9 Å². The molecule has 4 rings (SSSR count). The normalized spacial score (nSPS) is 25.4. The van der Waals surface area contributed by atoms with Gasteiger partial charge in [-0.3, -0.25) is 14.4 Å². The first-order chi connectivity index (χ1) is 14.8. The summed E-state index contributed by atoms with van der Waals surface area (Å²) in [6.45, 7) is 0. The fraction of sp³-hybridized carbons (Fsp3) is 0.318. The van der Waals surface area contributed by atoms with Crippen molar-refractivity contribution in [2.75, 3.05) is 17.3 Å². The van der Waals surface area contributed by atoms with Crippen molar-refractivity contribution in [1.82, 2.24) is 0 Å². The maximum absolute atomic E-state index is 13.2. The van der Waals surface area contributed by atoms with Gasteiger partial charge in [0.2, 0.25) is 11.8 Å². The van der Waals surface area contributed by atoms with E-state index in [1.54, 1.807) is 42.5 Å². The Bertz CT molecular complexity index is 1040. The summed E-state index contributed by atoms with van der Waals surface area (Å²) in [5, 5.41) is 3.21. The monoisotopic (exact) mass is 568 g/mol. The minimum absolute atomic E-state index is 0.110. The van der Waals surface area contributed by atoms with Crippen molar-refractivity contribution in [3.05, 3.63) is 53.1 Å². The highest BCUT2D eigenvalue weighted by molar-refractivity contribution is 9.12. The standard InChI is InChI=1S/C22H19Br2ClN2O4/c1-31-19-7-6-11(25)8-17(19)26-20(28)12-4-2-3-5-18(12)27-21(29)13-9-15(23)16(24)10-14(13)22(27)30/h2-8,13-16H,9-10H2,1H3,(H,26,28)/t13-,14-,15+,16+/m1/s1. The molecule has 2 aromatic rings. The Hall–Kier alpha value is -1.90. The number of hydrogen-bond acceptors (Lipinski definition) is 4. The van der Waals surface area contributed by atoms with Crippen LogP contribution in [0.25, 0.3) is 0 Å². The Morgan fingerprint density at radius 2 is 1.68 bits per heavy atom. The number of methoxy groups -OCH3 is 1. The number of fused-ring (bicyclic) bond motifs is 1. The number of anilines is 2. The Labute approximate surface area is 201 Å². The molecule has 1 heterocycles. The molecule has 2 aliphatic rings. The Balaban J connectivity index is 1.67. The molecular formula is C22H19Br2ClN2O4. The molecule has 0 radical (unpaired) electrons. The van der Waals surface area contributed by atoms with E-state index < -0.39 is 17.7 Å². The number of para-hydroxylation sites is 1. The quantitative estimate of drug-likeness (QED) is 0.414. The van der Waals surface area contributed by atoms with Gasteiger partial charge in [-0.2, -0.15) is 0 Å². The molecule has 0 spiro atoms. The predicted octanol–water partition coefficient (Wildman–Crippen LogP) is 5.03. The SMILES string of the molecule is COc1ccc(Cl)cc1NC(=O)c1ccccc1N1C(=O)[C@@H]2C[C@H](Br)[C@@H](Br)C[C@H]2C1=O. The van der Waals surface area contributed by atoms with Gasteiger partial charge in [-0.05, 0) is 43.2 Å². The summed E-state index contributed by atoms with van der Waals surface area (Å²) in [5.74, 6) is -1.34. The fourth-order valence-electron chi connectivity index (χ4n) is 4.16. The second-order valence-corrected chi connectivity index (χ2v) is 10.3. The van der Waals surface area contributed by atoms with Crippen LogP contribution in [0.1, 0.15) is 23.2 Å². The number of alkyl halides is 2. The van der Waals surface area contributed by atoms with Crippen LogP contribution in [0.2, 0.25) is 5.02 Å². The largest absolute Gasteiger partial charge is 0.495 e. The van der Waals surface area contributed by atoms with Crippen molar-refractivity contribution in [3.8, 4) is 5.75 Å². The Kier molecular flexibility index (Phi) is 6.42. The van der Waals surface area contributed by atoms with E-state index in [9.17, 15) is 14.4 Å². The molecule has 1 N–H and O–H groups in total. The van der Waals surface area contributed by atoms with Gasteiger partial charge in [0, 0.05) is 14.7 Å². The van der Waals surface area contributed by atoms with E-state index in [-0.39, 0.29) is 32.7 Å². The van der Waals surface area contributed by atoms with Crippen molar-refractivity contribution in [2.45, 2.75) is 22.5 Å². The summed E-state index contributed by atoms with van der Waals surface area (Å²) in [5.41, 5.74) is 0.894. The summed E-state index contributed by atoms with van der Waals surface area (Å²) >= 11 is 13.2. The van der Waals surface area contributed by atoms with Crippen LogP contribution in [0.4, 0.5) is 11.4 Å². The van der Waals surface area contributed by atoms with E-state index in [1.807, 2.05) is 0 Å². The summed E-state index contributed by atoms with van der Waals surface area (Å²) in [6, 6.07) is 11.5. The van der Waals surface area contributed by atoms with Gasteiger partial charge < -0.3 is 10.1 Å². The molecular weight excluding hydrogens is 552 g/mol. The molecule has 162 valence electrons. The molecule has 6 nitrogen and oxygen atoms in total. The van der Waals surface area contributed by atoms with Gasteiger partial charge in [0.1, 0.15) is 5.75 Å². The molecule has 9 heteroatoms. The van der Waals surface area contributed by atoms with Crippen LogP contribution >= 0.6 is 43.5 Å². The molecule has 0 unspecified atom stereocenters. The highest BCUT2D eigenvalue weighted by Gasteiger charge is 2.52. The number of imide groups is 1. The van der Waals surface area contributed by atoms with Gasteiger partial charge in [0.15, 0.2) is 0 Å². The highest BCUT2D eigenvalue weighted by atomic mass is 79.9. The van der Waals surface area contributed by atoms with Crippen LogP contribution in [0.15, 0.2) is 42.5 Å². The lowest BCUT2D eigenvalue weighted by molar-refractivity contribution is -0.122. The van der Waals surface area contributed by atoms with Crippen LogP contribution in [0.3, 0.4) is 0 Å². The number of rotatable bonds is 4. The summed E-state index contributed by atoms with van der Waals surface area (Å²) in [6.07, 6.45) is 1.13. The third-order valence-electron chi connectivity index (χ3n) is 5.71. The van der Waals surface area contributed by atoms with E-state index in [4.69, 9.17) is 16.3 Å². The zero-order valence-electron chi connectivity index (χ0n) is 16.5. The number of carbonyl (C=O) groups is 3. The summed E-state index contributed by atoms with van der Waals surface area (Å²) in [4.78, 5) is 40.9. The average molecular weight is 571 g/mol. The van der Waals surface area contributed by atoms with Gasteiger partial charge in [-0.15, -0.1) is 0 Å². The summed E-state index contributed by atoms with van der Waals surface area (Å²) in [7, 11) is 1.49. The van der Waals surface area contributed by atoms with Crippen LogP contribution in [0.5, 0.6) is 5.75 Å². The molecule has 3 amide bonds. The molecule has 0 aromatic heterocycles. The zero-order chi connectivity index (χ0) is 22.3. The first kappa shape index (κ1) is 22.3. The lowest BCUT2D eigenvalue weighted by Crippen LogP contribution is -2.34. The first-order valence-electron chi connectivity index (χ1n) is 9.71. The summed E-state index contributed by atoms with van der Waals surface area (Å²) < 4.78 is 5.28. The Morgan fingerprint density at radius 3 is 2.29 bits per heavy atom. The second-order valence-electron chi connectivity index (χ2n) is 7.54. The molecule has 1 aliphatic heterocycles. The number of carbonyl (C=O) groups excluding carboxylic acids is 3. The van der Waals surface area contributed by atoms with E-state index >= 15 is 0 Å². The highest BCUT2D eigenvalue weighted by Crippen LogP contribution is 2.45. The lowest BCUT2D eigenvalue weighted by atomic mass is 9.81. The number of halogens is 3. The topological polar surface area (TPSA) is 75.7 Å². The number of hydrogen-bond donors (Lipinski definition) is 1. The fourth-order valence-corrected chi connectivity index (χ4v) is 5.57. The van der Waals surface area contributed by atoms with E-state index in [0.717, 1.165) is 0 Å². The average Bonchev–Trinajstić information content (AvgIpc) is 2.98. The van der Waals surface area contributed by atoms with Gasteiger partial charge in [-0.25, -0.2) is 4.90 Å². The third-order valence-corrected chi connectivity index (χ3v) is 8.68. The van der Waals surface area contributed by atoms with Crippen LogP contribution in [-0.4, -0.2) is 34.5 Å². The number of amides is 3. The maximum Gasteiger partial charge on any atom is 0.257 e. The lowest BCUT2D eigenvalue weighted by Gasteiger charge is -2.29. The van der Waals surface area contributed by atoms with E-state index in [0.29, 0.717) is 29.3 Å². The molecule has 1 saturated carbocycles. The molecule has 4 atom stereocenters. The number of nitrogens with zero attached hydrogens (tertiary/aromatic N) is 1. The Morgan fingerprint density at radius 1 is 1.06 bits per heavy atom. The second kappa shape index (κ2) is 8.92. The van der Waals surface area contributed by atoms with Crippen molar-refractivity contribution in [1.29, 1.82) is 0 Å². The van der Waals surface area contributed by atoms with Gasteiger partial charge in [0.25, 0.3) is 5.91 Å². The number of benzene rings is 2. The van der Waals surface area contributed by atoms with Crippen molar-refractivity contribution < 1.29 is 19.1 Å². The minimum atomic E-state index is -0.469.